The molecule has 3 N–H and O–H groups in total. The average molecular weight is 297 g/mol. The first-order valence-electron chi connectivity index (χ1n) is 6.06. The third-order valence-electron chi connectivity index (χ3n) is 2.67. The molecule has 0 spiro atoms. The Morgan fingerprint density at radius 1 is 1.26 bits per heavy atom. The van der Waals surface area contributed by atoms with Crippen molar-refractivity contribution in [2.75, 3.05) is 39.5 Å². The van der Waals surface area contributed by atoms with Crippen molar-refractivity contribution in [1.29, 1.82) is 0 Å². The zero-order valence-electron chi connectivity index (χ0n) is 12.0. The lowest BCUT2D eigenvalue weighted by Gasteiger charge is -2.30. The fourth-order valence-corrected chi connectivity index (χ4v) is 2.70. The summed E-state index contributed by atoms with van der Waals surface area (Å²) >= 11 is 0. The molecule has 1 amide bonds. The van der Waals surface area contributed by atoms with E-state index in [0.29, 0.717) is 17.6 Å². The Kier molecular flexibility index (Phi) is 6.40. The Labute approximate surface area is 114 Å². The monoisotopic (exact) mass is 297 g/mol. The van der Waals surface area contributed by atoms with E-state index in [2.05, 4.69) is 5.32 Å². The lowest BCUT2D eigenvalue weighted by atomic mass is 10.1. The summed E-state index contributed by atoms with van der Waals surface area (Å²) in [7, 11) is -0.340. The van der Waals surface area contributed by atoms with E-state index in [0.717, 1.165) is 0 Å². The van der Waals surface area contributed by atoms with Gasteiger partial charge < -0.3 is 14.9 Å². The number of rotatable bonds is 8. The van der Waals surface area contributed by atoms with Crippen molar-refractivity contribution in [2.45, 2.75) is 25.8 Å². The molecule has 0 aliphatic heterocycles. The molecule has 0 aromatic heterocycles. The van der Waals surface area contributed by atoms with Gasteiger partial charge in [0.15, 0.2) is 0 Å². The van der Waals surface area contributed by atoms with E-state index < -0.39 is 21.4 Å². The summed E-state index contributed by atoms with van der Waals surface area (Å²) in [6.07, 6.45) is 0.224. The number of aliphatic hydroxyl groups excluding tert-OH is 1. The van der Waals surface area contributed by atoms with Gasteiger partial charge in [-0.1, -0.05) is 0 Å². The maximum Gasteiger partial charge on any atom is 0.267 e. The number of nitrogens with one attached hydrogen (secondary N) is 1. The Hall–Kier alpha value is -0.700. The second kappa shape index (κ2) is 6.65. The summed E-state index contributed by atoms with van der Waals surface area (Å²) in [6, 6.07) is 0. The Bertz CT molecular complexity index is 403. The van der Waals surface area contributed by atoms with Crippen LogP contribution in [0.4, 0.5) is 0 Å². The van der Waals surface area contributed by atoms with Gasteiger partial charge in [-0.05, 0) is 13.8 Å². The van der Waals surface area contributed by atoms with Crippen molar-refractivity contribution >= 4 is 16.0 Å². The summed E-state index contributed by atoms with van der Waals surface area (Å²) < 4.78 is 30.9. The van der Waals surface area contributed by atoms with Crippen LogP contribution in [-0.4, -0.2) is 73.6 Å². The number of amides is 1. The predicted molar refractivity (Wildman–Crippen MR) is 72.2 cm³/mol. The molecule has 0 unspecified atom stereocenters. The lowest BCUT2D eigenvalue weighted by molar-refractivity contribution is -0.890. The van der Waals surface area contributed by atoms with E-state index in [-0.39, 0.29) is 18.9 Å². The number of likely N-dealkylation sites (N-methyl/N-ethyl adjacent to an activating group) is 1. The van der Waals surface area contributed by atoms with Crippen molar-refractivity contribution in [1.82, 2.24) is 5.32 Å². The summed E-state index contributed by atoms with van der Waals surface area (Å²) in [5.41, 5.74) is -1.02. The van der Waals surface area contributed by atoms with Crippen LogP contribution in [0.3, 0.4) is 0 Å². The lowest BCUT2D eigenvalue weighted by Crippen LogP contribution is -2.50. The molecular weight excluding hydrogens is 272 g/mol. The molecule has 0 aromatic carbocycles. The van der Waals surface area contributed by atoms with E-state index in [4.69, 9.17) is 9.66 Å². The minimum Gasteiger partial charge on any atom is -0.391 e. The number of quaternary nitrogens is 1. The molecule has 114 valence electrons. The van der Waals surface area contributed by atoms with Crippen molar-refractivity contribution < 1.29 is 27.4 Å². The highest BCUT2D eigenvalue weighted by atomic mass is 32.2. The second-order valence-electron chi connectivity index (χ2n) is 6.01. The summed E-state index contributed by atoms with van der Waals surface area (Å²) in [5, 5.41) is 11.4. The molecule has 0 aliphatic carbocycles. The van der Waals surface area contributed by atoms with Crippen LogP contribution in [0.2, 0.25) is 0 Å². The summed E-state index contributed by atoms with van der Waals surface area (Å²) in [6.45, 7) is 4.19. The van der Waals surface area contributed by atoms with E-state index in [9.17, 15) is 13.2 Å². The van der Waals surface area contributed by atoms with Gasteiger partial charge in [-0.15, -0.1) is 0 Å². The minimum absolute atomic E-state index is 0.0445. The third-order valence-corrected chi connectivity index (χ3v) is 3.76. The van der Waals surface area contributed by atoms with E-state index in [1.807, 2.05) is 14.1 Å². The largest absolute Gasteiger partial charge is 0.391 e. The maximum absolute atomic E-state index is 11.7. The molecule has 7 nitrogen and oxygen atoms in total. The van der Waals surface area contributed by atoms with Crippen LogP contribution in [0.15, 0.2) is 0 Å². The van der Waals surface area contributed by atoms with Crippen molar-refractivity contribution in [3.05, 3.63) is 0 Å². The van der Waals surface area contributed by atoms with Crippen LogP contribution in [0, 0.1) is 0 Å². The summed E-state index contributed by atoms with van der Waals surface area (Å²) in [5.74, 6) is -0.807. The van der Waals surface area contributed by atoms with Gasteiger partial charge in [0.05, 0.1) is 45.0 Å². The first-order chi connectivity index (χ1) is 8.37. The normalized spacial score (nSPS) is 13.4. The van der Waals surface area contributed by atoms with Crippen LogP contribution in [0.5, 0.6) is 0 Å². The highest BCUT2D eigenvalue weighted by molar-refractivity contribution is 7.85. The maximum atomic E-state index is 11.7. The summed E-state index contributed by atoms with van der Waals surface area (Å²) in [4.78, 5) is 11.7. The van der Waals surface area contributed by atoms with Gasteiger partial charge in [0.25, 0.3) is 10.1 Å². The second-order valence-corrected chi connectivity index (χ2v) is 7.47. The van der Waals surface area contributed by atoms with Crippen LogP contribution < -0.4 is 5.32 Å². The molecular formula is C11H25N2O5S+. The van der Waals surface area contributed by atoms with Gasteiger partial charge in [0, 0.05) is 0 Å². The van der Waals surface area contributed by atoms with Gasteiger partial charge in [0.1, 0.15) is 6.54 Å². The molecule has 0 radical (unpaired) electrons. The Morgan fingerprint density at radius 3 is 2.21 bits per heavy atom. The highest BCUT2D eigenvalue weighted by Crippen LogP contribution is 2.07. The van der Waals surface area contributed by atoms with Crippen LogP contribution in [0.25, 0.3) is 0 Å². The zero-order chi connectivity index (χ0) is 15.3. The number of aliphatic hydroxyl groups is 1. The van der Waals surface area contributed by atoms with Crippen LogP contribution in [-0.2, 0) is 14.9 Å². The molecule has 0 fully saturated rings. The molecule has 19 heavy (non-hydrogen) atoms. The topological polar surface area (TPSA) is 104 Å². The SMILES string of the molecule is CC(C)(CS(=O)(=O)O)NC(=O)CC[N+](C)(C)CCO. The van der Waals surface area contributed by atoms with E-state index in [1.165, 1.54) is 13.8 Å². The molecule has 8 heteroatoms. The van der Waals surface area contributed by atoms with Gasteiger partial charge >= 0.3 is 0 Å². The molecule has 0 heterocycles. The number of nitrogens with zero attached hydrogens (tertiary/aromatic N) is 1. The quantitative estimate of drug-likeness (QED) is 0.403. The van der Waals surface area contributed by atoms with Crippen molar-refractivity contribution in [3.63, 3.8) is 0 Å². The average Bonchev–Trinajstić information content (AvgIpc) is 2.09. The molecule has 0 bridgehead atoms. The van der Waals surface area contributed by atoms with E-state index in [1.54, 1.807) is 0 Å². The fraction of sp³-hybridized carbons (Fsp3) is 0.909. The molecule has 0 rings (SSSR count). The van der Waals surface area contributed by atoms with Crippen LogP contribution in [0.1, 0.15) is 20.3 Å². The molecule has 0 atom stereocenters. The number of carbonyl (C=O) groups excluding carboxylic acids is 1. The first-order valence-corrected chi connectivity index (χ1v) is 7.67. The first kappa shape index (κ1) is 18.3. The minimum atomic E-state index is -4.13. The van der Waals surface area contributed by atoms with Gasteiger partial charge in [-0.3, -0.25) is 9.35 Å². The number of hydrogen-bond donors (Lipinski definition) is 3. The number of carbonyl (C=O) groups is 1. The zero-order valence-corrected chi connectivity index (χ0v) is 12.8. The van der Waals surface area contributed by atoms with Crippen molar-refractivity contribution in [3.8, 4) is 0 Å². The predicted octanol–water partition coefficient (Wildman–Crippen LogP) is -0.772. The van der Waals surface area contributed by atoms with E-state index >= 15 is 0 Å². The molecule has 0 saturated carbocycles. The molecule has 0 aromatic rings. The fourth-order valence-electron chi connectivity index (χ4n) is 1.72. The number of hydrogen-bond acceptors (Lipinski definition) is 4. The third kappa shape index (κ3) is 9.83. The molecule has 0 saturated heterocycles. The van der Waals surface area contributed by atoms with Gasteiger partial charge in [-0.2, -0.15) is 8.42 Å². The highest BCUT2D eigenvalue weighted by Gasteiger charge is 2.27. The Morgan fingerprint density at radius 2 is 1.79 bits per heavy atom. The van der Waals surface area contributed by atoms with Gasteiger partial charge in [-0.25, -0.2) is 0 Å². The van der Waals surface area contributed by atoms with Crippen molar-refractivity contribution in [2.24, 2.45) is 0 Å². The smallest absolute Gasteiger partial charge is 0.267 e. The van der Waals surface area contributed by atoms with Crippen LogP contribution >= 0.6 is 0 Å². The van der Waals surface area contributed by atoms with Gasteiger partial charge in [0.2, 0.25) is 5.91 Å². The standard InChI is InChI=1S/C11H24N2O5S/c1-11(2,9-19(16,17)18)12-10(15)5-6-13(3,4)7-8-14/h14H,5-9H2,1-4H3,(H-,12,15,16,17,18)/p+1. The molecule has 0 aliphatic rings. The Balaban J connectivity index is 4.32.